The summed E-state index contributed by atoms with van der Waals surface area (Å²) in [5.74, 6) is 0.341. The van der Waals surface area contributed by atoms with Crippen molar-refractivity contribution in [2.45, 2.75) is 33.1 Å². The van der Waals surface area contributed by atoms with Crippen molar-refractivity contribution >= 4 is 29.0 Å². The number of nitrogens with two attached hydrogens (primary N) is 1. The quantitative estimate of drug-likeness (QED) is 0.599. The van der Waals surface area contributed by atoms with E-state index in [1.165, 1.54) is 7.11 Å². The van der Waals surface area contributed by atoms with Gasteiger partial charge in [0.25, 0.3) is 0 Å². The van der Waals surface area contributed by atoms with Crippen molar-refractivity contribution in [1.82, 2.24) is 10.2 Å². The van der Waals surface area contributed by atoms with Crippen LogP contribution in [0.25, 0.3) is 0 Å². The molecule has 1 aromatic heterocycles. The monoisotopic (exact) mass is 310 g/mol. The van der Waals surface area contributed by atoms with Crippen LogP contribution in [0.2, 0.25) is 0 Å². The van der Waals surface area contributed by atoms with Crippen LogP contribution in [0.15, 0.2) is 0 Å². The minimum Gasteiger partial charge on any atom is -0.469 e. The van der Waals surface area contributed by atoms with Gasteiger partial charge in [-0.05, 0) is 18.4 Å². The molecule has 0 aliphatic rings. The molecule has 0 spiro atoms. The van der Waals surface area contributed by atoms with Gasteiger partial charge in [-0.3, -0.25) is 4.79 Å². The Kier molecular flexibility index (Phi) is 6.48. The number of carbonyl (C=O) groups is 1. The van der Waals surface area contributed by atoms with Crippen molar-refractivity contribution in [3.05, 3.63) is 16.8 Å². The normalized spacial score (nSPS) is 10.3. The first kappa shape index (κ1) is 17.3. The van der Waals surface area contributed by atoms with Gasteiger partial charge in [-0.2, -0.15) is 5.10 Å². The molecule has 2 N–H and O–H groups in total. The van der Waals surface area contributed by atoms with Crippen LogP contribution in [-0.4, -0.2) is 41.9 Å². The summed E-state index contributed by atoms with van der Waals surface area (Å²) in [7, 11) is 3.20. The first-order chi connectivity index (χ1) is 9.96. The molecular formula is C14H22N4O2S. The summed E-state index contributed by atoms with van der Waals surface area (Å²) >= 11 is 5.18. The lowest BCUT2D eigenvalue weighted by Gasteiger charge is -2.22. The highest BCUT2D eigenvalue weighted by Gasteiger charge is 2.19. The van der Waals surface area contributed by atoms with Gasteiger partial charge < -0.3 is 15.4 Å². The van der Waals surface area contributed by atoms with E-state index in [1.54, 1.807) is 0 Å². The van der Waals surface area contributed by atoms with E-state index in [2.05, 4.69) is 14.9 Å². The van der Waals surface area contributed by atoms with E-state index in [0.717, 1.165) is 29.7 Å². The van der Waals surface area contributed by atoms with Crippen molar-refractivity contribution in [1.29, 1.82) is 0 Å². The van der Waals surface area contributed by atoms with Crippen LogP contribution in [0.4, 0.5) is 5.82 Å². The van der Waals surface area contributed by atoms with Gasteiger partial charge in [-0.15, -0.1) is 5.10 Å². The number of methoxy groups -OCH3 is 1. The van der Waals surface area contributed by atoms with Crippen molar-refractivity contribution < 1.29 is 9.53 Å². The molecule has 0 fully saturated rings. The van der Waals surface area contributed by atoms with E-state index in [-0.39, 0.29) is 12.4 Å². The Bertz CT molecular complexity index is 534. The van der Waals surface area contributed by atoms with E-state index in [4.69, 9.17) is 18.0 Å². The maximum Gasteiger partial charge on any atom is 0.307 e. The largest absolute Gasteiger partial charge is 0.469 e. The van der Waals surface area contributed by atoms with Crippen LogP contribution in [0.3, 0.4) is 0 Å². The van der Waals surface area contributed by atoms with Gasteiger partial charge >= 0.3 is 5.97 Å². The fraction of sp³-hybridized carbons (Fsp3) is 0.571. The average Bonchev–Trinajstić information content (AvgIpc) is 2.50. The second-order valence-electron chi connectivity index (χ2n) is 4.64. The van der Waals surface area contributed by atoms with Crippen LogP contribution < -0.4 is 10.6 Å². The molecule has 7 heteroatoms. The molecule has 0 radical (unpaired) electrons. The molecular weight excluding hydrogens is 288 g/mol. The van der Waals surface area contributed by atoms with Crippen molar-refractivity contribution in [3.63, 3.8) is 0 Å². The Labute approximate surface area is 130 Å². The molecule has 0 unspecified atom stereocenters. The van der Waals surface area contributed by atoms with Crippen molar-refractivity contribution in [3.8, 4) is 0 Å². The SMILES string of the molecule is CCc1nnc(N(C)CCC(=O)OC)c(C(N)=S)c1CC. The van der Waals surface area contributed by atoms with Crippen LogP contribution in [0, 0.1) is 0 Å². The minimum atomic E-state index is -0.271. The third-order valence-corrected chi connectivity index (χ3v) is 3.52. The molecule has 0 amide bonds. The second-order valence-corrected chi connectivity index (χ2v) is 5.08. The zero-order valence-corrected chi connectivity index (χ0v) is 13.8. The summed E-state index contributed by atoms with van der Waals surface area (Å²) in [6.45, 7) is 4.52. The van der Waals surface area contributed by atoms with Gasteiger partial charge in [0.05, 0.1) is 24.8 Å². The molecule has 6 nitrogen and oxygen atoms in total. The molecule has 0 saturated heterocycles. The second kappa shape index (κ2) is 7.87. The zero-order chi connectivity index (χ0) is 16.0. The Morgan fingerprint density at radius 3 is 2.48 bits per heavy atom. The molecule has 1 heterocycles. The van der Waals surface area contributed by atoms with E-state index in [0.29, 0.717) is 17.4 Å². The number of anilines is 1. The lowest BCUT2D eigenvalue weighted by Crippen LogP contribution is -2.28. The number of ether oxygens (including phenoxy) is 1. The molecule has 0 aliphatic heterocycles. The fourth-order valence-electron chi connectivity index (χ4n) is 2.16. The van der Waals surface area contributed by atoms with E-state index < -0.39 is 0 Å². The van der Waals surface area contributed by atoms with Gasteiger partial charge in [0.1, 0.15) is 4.99 Å². The first-order valence-electron chi connectivity index (χ1n) is 6.92. The summed E-state index contributed by atoms with van der Waals surface area (Å²) < 4.78 is 4.64. The van der Waals surface area contributed by atoms with Crippen LogP contribution in [-0.2, 0) is 22.4 Å². The molecule has 0 atom stereocenters. The summed E-state index contributed by atoms with van der Waals surface area (Å²) in [5, 5.41) is 8.50. The highest BCUT2D eigenvalue weighted by Crippen LogP contribution is 2.23. The van der Waals surface area contributed by atoms with E-state index in [9.17, 15) is 4.79 Å². The molecule has 116 valence electrons. The van der Waals surface area contributed by atoms with Gasteiger partial charge in [0, 0.05) is 13.6 Å². The number of aryl methyl sites for hydroxylation is 1. The molecule has 0 aliphatic carbocycles. The predicted molar refractivity (Wildman–Crippen MR) is 86.6 cm³/mol. The number of thiocarbonyl (C=S) groups is 1. The Balaban J connectivity index is 3.17. The highest BCUT2D eigenvalue weighted by molar-refractivity contribution is 7.80. The summed E-state index contributed by atoms with van der Waals surface area (Å²) in [6.07, 6.45) is 1.82. The lowest BCUT2D eigenvalue weighted by atomic mass is 10.0. The Hall–Kier alpha value is -1.76. The number of aromatic nitrogens is 2. The lowest BCUT2D eigenvalue weighted by molar-refractivity contribution is -0.140. The molecule has 0 aromatic carbocycles. The average molecular weight is 310 g/mol. The van der Waals surface area contributed by atoms with Crippen LogP contribution in [0.1, 0.15) is 37.1 Å². The summed E-state index contributed by atoms with van der Waals surface area (Å²) in [6, 6.07) is 0. The number of nitrogens with zero attached hydrogens (tertiary/aromatic N) is 3. The summed E-state index contributed by atoms with van der Waals surface area (Å²) in [4.78, 5) is 13.4. The third-order valence-electron chi connectivity index (χ3n) is 3.31. The molecule has 21 heavy (non-hydrogen) atoms. The number of rotatable bonds is 7. The van der Waals surface area contributed by atoms with Crippen molar-refractivity contribution in [2.75, 3.05) is 25.6 Å². The topological polar surface area (TPSA) is 81.3 Å². The van der Waals surface area contributed by atoms with Gasteiger partial charge in [-0.25, -0.2) is 0 Å². The zero-order valence-electron chi connectivity index (χ0n) is 13.0. The van der Waals surface area contributed by atoms with Gasteiger partial charge in [0.15, 0.2) is 5.82 Å². The Morgan fingerprint density at radius 2 is 2.00 bits per heavy atom. The van der Waals surface area contributed by atoms with Gasteiger partial charge in [0.2, 0.25) is 0 Å². The van der Waals surface area contributed by atoms with Crippen LogP contribution in [0.5, 0.6) is 0 Å². The van der Waals surface area contributed by atoms with E-state index >= 15 is 0 Å². The number of esters is 1. The maximum absolute atomic E-state index is 11.3. The number of carbonyl (C=O) groups excluding carboxylic acids is 1. The van der Waals surface area contributed by atoms with Crippen LogP contribution >= 0.6 is 12.2 Å². The van der Waals surface area contributed by atoms with E-state index in [1.807, 2.05) is 25.8 Å². The third kappa shape index (κ3) is 4.10. The molecule has 1 aromatic rings. The highest BCUT2D eigenvalue weighted by atomic mass is 32.1. The summed E-state index contributed by atoms with van der Waals surface area (Å²) in [5.41, 5.74) is 8.57. The fourth-order valence-corrected chi connectivity index (χ4v) is 2.37. The molecule has 0 bridgehead atoms. The number of hydrogen-bond acceptors (Lipinski definition) is 6. The van der Waals surface area contributed by atoms with Crippen molar-refractivity contribution in [2.24, 2.45) is 5.73 Å². The smallest absolute Gasteiger partial charge is 0.307 e. The standard InChI is InChI=1S/C14H22N4O2S/c1-5-9-10(6-2)16-17-14(12(9)13(15)21)18(3)8-7-11(19)20-4/h5-8H2,1-4H3,(H2,15,21). The first-order valence-corrected chi connectivity index (χ1v) is 7.33. The maximum atomic E-state index is 11.3. The van der Waals surface area contributed by atoms with Gasteiger partial charge in [-0.1, -0.05) is 26.1 Å². The Morgan fingerprint density at radius 1 is 1.33 bits per heavy atom. The number of hydrogen-bond donors (Lipinski definition) is 1. The molecule has 1 rings (SSSR count). The molecule has 0 saturated carbocycles. The predicted octanol–water partition coefficient (Wildman–Crippen LogP) is 1.23. The minimum absolute atomic E-state index is 0.266.